The van der Waals surface area contributed by atoms with E-state index in [0.717, 1.165) is 41.8 Å². The van der Waals surface area contributed by atoms with Crippen LogP contribution < -0.4 is 0 Å². The molecule has 0 aliphatic carbocycles. The fourth-order valence-electron chi connectivity index (χ4n) is 5.67. The third-order valence-electron chi connectivity index (χ3n) is 8.24. The molecule has 1 saturated heterocycles. The fourth-order valence-corrected chi connectivity index (χ4v) is 8.84. The zero-order valence-electron chi connectivity index (χ0n) is 25.0. The first kappa shape index (κ1) is 32.1. The van der Waals surface area contributed by atoms with Gasteiger partial charge in [-0.25, -0.2) is 8.42 Å². The van der Waals surface area contributed by atoms with Crippen molar-refractivity contribution in [2.75, 3.05) is 32.4 Å². The summed E-state index contributed by atoms with van der Waals surface area (Å²) >= 11 is 1.41. The Morgan fingerprint density at radius 2 is 1.36 bits per heavy atom. The number of ketones is 1. The summed E-state index contributed by atoms with van der Waals surface area (Å²) < 4.78 is 28.8. The Morgan fingerprint density at radius 1 is 0.818 bits per heavy atom. The monoisotopic (exact) mass is 628 g/mol. The lowest BCUT2D eigenvalue weighted by molar-refractivity contribution is -0.120. The zero-order valence-corrected chi connectivity index (χ0v) is 26.7. The Morgan fingerprint density at radius 3 is 2.00 bits per heavy atom. The summed E-state index contributed by atoms with van der Waals surface area (Å²) in [6.45, 7) is 1.79. The van der Waals surface area contributed by atoms with Crippen molar-refractivity contribution in [1.82, 2.24) is 9.21 Å². The van der Waals surface area contributed by atoms with Crippen molar-refractivity contribution >= 4 is 27.6 Å². The highest BCUT2D eigenvalue weighted by Gasteiger charge is 2.40. The Balaban J connectivity index is 1.23. The van der Waals surface area contributed by atoms with Gasteiger partial charge in [-0.05, 0) is 66.7 Å². The highest BCUT2D eigenvalue weighted by molar-refractivity contribution is 8.02. The number of carbonyl (C=O) groups is 1. The number of rotatable bonds is 14. The first-order valence-electron chi connectivity index (χ1n) is 15.1. The number of carbonyl (C=O) groups excluding carboxylic acids is 1. The molecule has 1 heterocycles. The Hall–Kier alpha value is -3.27. The van der Waals surface area contributed by atoms with Crippen LogP contribution in [0.3, 0.4) is 0 Å². The van der Waals surface area contributed by atoms with Crippen LogP contribution in [0.1, 0.15) is 42.4 Å². The van der Waals surface area contributed by atoms with E-state index in [9.17, 15) is 18.3 Å². The molecule has 0 radical (unpaired) electrons. The molecule has 0 aromatic heterocycles. The normalized spacial score (nSPS) is 17.0. The van der Waals surface area contributed by atoms with Crippen LogP contribution in [0.5, 0.6) is 0 Å². The second-order valence-corrected chi connectivity index (χ2v) is 14.4. The number of aliphatic hydroxyl groups excluding tert-OH is 1. The second kappa shape index (κ2) is 15.1. The Labute approximate surface area is 265 Å². The number of benzene rings is 4. The van der Waals surface area contributed by atoms with Gasteiger partial charge in [0.2, 0.25) is 10.0 Å². The van der Waals surface area contributed by atoms with Crippen LogP contribution in [-0.2, 0) is 14.8 Å². The van der Waals surface area contributed by atoms with Gasteiger partial charge in [0.15, 0.2) is 5.78 Å². The van der Waals surface area contributed by atoms with Gasteiger partial charge in [-0.3, -0.25) is 4.79 Å². The van der Waals surface area contributed by atoms with E-state index in [-0.39, 0.29) is 23.0 Å². The zero-order chi connectivity index (χ0) is 30.9. The molecular weight excluding hydrogens is 589 g/mol. The average molecular weight is 629 g/mol. The van der Waals surface area contributed by atoms with Gasteiger partial charge in [0.1, 0.15) is 5.37 Å². The van der Waals surface area contributed by atoms with E-state index in [1.165, 1.54) is 16.1 Å². The molecule has 4 aromatic carbocycles. The molecule has 4 aromatic rings. The maximum Gasteiger partial charge on any atom is 0.244 e. The highest BCUT2D eigenvalue weighted by atomic mass is 32.2. The van der Waals surface area contributed by atoms with E-state index in [1.54, 1.807) is 12.1 Å². The summed E-state index contributed by atoms with van der Waals surface area (Å²) in [6, 6.07) is 36.4. The van der Waals surface area contributed by atoms with Crippen molar-refractivity contribution in [1.29, 1.82) is 0 Å². The molecule has 1 N–H and O–H groups in total. The van der Waals surface area contributed by atoms with Gasteiger partial charge in [-0.15, -0.1) is 11.8 Å². The molecule has 230 valence electrons. The maximum absolute atomic E-state index is 13.8. The van der Waals surface area contributed by atoms with Crippen molar-refractivity contribution in [2.24, 2.45) is 0 Å². The molecular formula is C36H40N2O4S2. The number of hydrogen-bond acceptors (Lipinski definition) is 6. The molecule has 1 aliphatic heterocycles. The third kappa shape index (κ3) is 8.06. The van der Waals surface area contributed by atoms with Crippen LogP contribution in [0.15, 0.2) is 120 Å². The molecule has 6 nitrogen and oxygen atoms in total. The number of hydrogen-bond donors (Lipinski definition) is 1. The van der Waals surface area contributed by atoms with Gasteiger partial charge >= 0.3 is 0 Å². The van der Waals surface area contributed by atoms with Crippen molar-refractivity contribution in [2.45, 2.75) is 41.6 Å². The minimum absolute atomic E-state index is 0.0406. The van der Waals surface area contributed by atoms with Crippen LogP contribution in [0, 0.1) is 0 Å². The minimum atomic E-state index is -3.84. The first-order valence-corrected chi connectivity index (χ1v) is 17.6. The topological polar surface area (TPSA) is 77.9 Å². The van der Waals surface area contributed by atoms with E-state index in [0.29, 0.717) is 18.7 Å². The number of Topliss-reactive ketones (excluding diaryl/α,β-unsaturated/α-hetero) is 1. The minimum Gasteiger partial charge on any atom is -0.388 e. The maximum atomic E-state index is 13.8. The lowest BCUT2D eigenvalue weighted by atomic mass is 9.90. The van der Waals surface area contributed by atoms with Gasteiger partial charge < -0.3 is 10.0 Å². The molecule has 0 saturated carbocycles. The number of aliphatic hydroxyl groups is 1. The van der Waals surface area contributed by atoms with Crippen molar-refractivity contribution in [3.8, 4) is 11.1 Å². The van der Waals surface area contributed by atoms with Crippen LogP contribution in [0.4, 0.5) is 0 Å². The molecule has 44 heavy (non-hydrogen) atoms. The van der Waals surface area contributed by atoms with E-state index >= 15 is 0 Å². The van der Waals surface area contributed by atoms with Gasteiger partial charge in [0.25, 0.3) is 0 Å². The van der Waals surface area contributed by atoms with E-state index < -0.39 is 21.5 Å². The largest absolute Gasteiger partial charge is 0.388 e. The molecule has 0 spiro atoms. The molecule has 3 unspecified atom stereocenters. The van der Waals surface area contributed by atoms with E-state index in [4.69, 9.17) is 0 Å². The molecule has 0 bridgehead atoms. The van der Waals surface area contributed by atoms with Gasteiger partial charge in [-0.2, -0.15) is 4.31 Å². The first-order chi connectivity index (χ1) is 21.3. The third-order valence-corrected chi connectivity index (χ3v) is 11.5. The standard InChI is InChI=1S/C36H40N2O4S2/c1-37(24-22-34(39)31-15-9-4-10-16-31)23-21-32(29-13-7-3-8-14-29)27-35(40)36-38(25-26-43-36)44(41,42)33-19-17-30(18-20-33)28-11-5-2-6-12-28/h2-20,32,34,36,39H,21-27H2,1H3. The van der Waals surface area contributed by atoms with Crippen LogP contribution >= 0.6 is 11.8 Å². The molecule has 1 aliphatic rings. The lowest BCUT2D eigenvalue weighted by Crippen LogP contribution is -2.40. The Bertz CT molecular complexity index is 1580. The van der Waals surface area contributed by atoms with Crippen LogP contribution in [-0.4, -0.2) is 66.3 Å². The van der Waals surface area contributed by atoms with Crippen molar-refractivity contribution in [3.05, 3.63) is 126 Å². The summed E-state index contributed by atoms with van der Waals surface area (Å²) in [4.78, 5) is 16.2. The lowest BCUT2D eigenvalue weighted by Gasteiger charge is -2.26. The van der Waals surface area contributed by atoms with Crippen LogP contribution in [0.25, 0.3) is 11.1 Å². The number of sulfonamides is 1. The number of nitrogens with zero attached hydrogens (tertiary/aromatic N) is 2. The smallest absolute Gasteiger partial charge is 0.244 e. The molecule has 0 amide bonds. The summed E-state index contributed by atoms with van der Waals surface area (Å²) in [6.07, 6.45) is 1.11. The van der Waals surface area contributed by atoms with Crippen molar-refractivity contribution < 1.29 is 18.3 Å². The van der Waals surface area contributed by atoms with Gasteiger partial charge in [0.05, 0.1) is 11.0 Å². The Kier molecular flexibility index (Phi) is 11.1. The van der Waals surface area contributed by atoms with E-state index in [1.807, 2.05) is 110 Å². The quantitative estimate of drug-likeness (QED) is 0.170. The summed E-state index contributed by atoms with van der Waals surface area (Å²) in [5.74, 6) is 0.481. The second-order valence-electron chi connectivity index (χ2n) is 11.3. The summed E-state index contributed by atoms with van der Waals surface area (Å²) in [5, 5.41) is 9.84. The highest BCUT2D eigenvalue weighted by Crippen LogP contribution is 2.35. The predicted octanol–water partition coefficient (Wildman–Crippen LogP) is 6.61. The van der Waals surface area contributed by atoms with Gasteiger partial charge in [-0.1, -0.05) is 103 Å². The summed E-state index contributed by atoms with van der Waals surface area (Å²) in [7, 11) is -1.80. The summed E-state index contributed by atoms with van der Waals surface area (Å²) in [5.41, 5.74) is 3.95. The predicted molar refractivity (Wildman–Crippen MR) is 179 cm³/mol. The molecule has 5 rings (SSSR count). The van der Waals surface area contributed by atoms with Gasteiger partial charge in [0, 0.05) is 25.3 Å². The average Bonchev–Trinajstić information content (AvgIpc) is 3.58. The molecule has 3 atom stereocenters. The van der Waals surface area contributed by atoms with E-state index in [2.05, 4.69) is 4.90 Å². The fraction of sp³-hybridized carbons (Fsp3) is 0.306. The van der Waals surface area contributed by atoms with Crippen LogP contribution in [0.2, 0.25) is 0 Å². The SMILES string of the molecule is CN(CCC(O)c1ccccc1)CCC(CC(=O)C1SCCN1S(=O)(=O)c1ccc(-c2ccccc2)cc1)c1ccccc1. The molecule has 8 heteroatoms. The van der Waals surface area contributed by atoms with Crippen molar-refractivity contribution in [3.63, 3.8) is 0 Å². The molecule has 1 fully saturated rings. The number of thioether (sulfide) groups is 1.